The average molecular weight is 361 g/mol. The molecule has 2 amide bonds. The molecule has 1 aliphatic rings. The van der Waals surface area contributed by atoms with Crippen LogP contribution in [0.15, 0.2) is 54.6 Å². The minimum Gasteiger partial charge on any atom is -0.342 e. The van der Waals surface area contributed by atoms with Crippen LogP contribution in [0.5, 0.6) is 0 Å². The van der Waals surface area contributed by atoms with E-state index in [1.165, 1.54) is 0 Å². The highest BCUT2D eigenvalue weighted by Gasteiger charge is 2.49. The van der Waals surface area contributed by atoms with Crippen molar-refractivity contribution in [2.24, 2.45) is 0 Å². The number of carbonyl (C=O) groups excluding carboxylic acids is 2. The Morgan fingerprint density at radius 1 is 1.15 bits per heavy atom. The zero-order valence-corrected chi connectivity index (χ0v) is 15.8. The van der Waals surface area contributed by atoms with Crippen LogP contribution in [0.4, 0.5) is 0 Å². The minimum absolute atomic E-state index is 0.145. The van der Waals surface area contributed by atoms with Crippen molar-refractivity contribution in [3.63, 3.8) is 0 Å². The molecule has 1 aliphatic heterocycles. The van der Waals surface area contributed by atoms with Crippen LogP contribution in [-0.2, 0) is 16.0 Å². The van der Waals surface area contributed by atoms with E-state index in [0.29, 0.717) is 12.0 Å². The number of carbonyl (C=O) groups is 2. The molecule has 138 valence electrons. The van der Waals surface area contributed by atoms with Crippen molar-refractivity contribution in [3.05, 3.63) is 71.3 Å². The Morgan fingerprint density at radius 3 is 2.44 bits per heavy atom. The van der Waals surface area contributed by atoms with Gasteiger partial charge in [0, 0.05) is 19.4 Å². The fourth-order valence-electron chi connectivity index (χ4n) is 3.67. The topological polar surface area (TPSA) is 73.2 Å². The second-order valence-electron chi connectivity index (χ2n) is 7.27. The molecule has 1 N–H and O–H groups in total. The quantitative estimate of drug-likeness (QED) is 0.910. The monoisotopic (exact) mass is 361 g/mol. The van der Waals surface area contributed by atoms with Crippen molar-refractivity contribution in [2.75, 3.05) is 7.05 Å². The number of nitrogens with zero attached hydrogens (tertiary/aromatic N) is 2. The van der Waals surface area contributed by atoms with Crippen molar-refractivity contribution in [1.82, 2.24) is 10.2 Å². The third-order valence-corrected chi connectivity index (χ3v) is 5.58. The van der Waals surface area contributed by atoms with Crippen LogP contribution in [0.2, 0.25) is 0 Å². The molecule has 3 rings (SSSR count). The summed E-state index contributed by atoms with van der Waals surface area (Å²) in [4.78, 5) is 27.7. The van der Waals surface area contributed by atoms with E-state index in [1.54, 1.807) is 31.0 Å². The highest BCUT2D eigenvalue weighted by molar-refractivity contribution is 6.00. The van der Waals surface area contributed by atoms with Gasteiger partial charge < -0.3 is 10.2 Å². The smallest absolute Gasteiger partial charge is 0.246 e. The lowest BCUT2D eigenvalue weighted by molar-refractivity contribution is -0.154. The van der Waals surface area contributed by atoms with E-state index >= 15 is 0 Å². The molecule has 0 bridgehead atoms. The van der Waals surface area contributed by atoms with Crippen molar-refractivity contribution >= 4 is 11.8 Å². The Labute approximate surface area is 159 Å². The number of hydrogen-bond donors (Lipinski definition) is 1. The minimum atomic E-state index is -0.955. The first-order valence-corrected chi connectivity index (χ1v) is 9.00. The molecule has 3 unspecified atom stereocenters. The Morgan fingerprint density at radius 2 is 1.78 bits per heavy atom. The number of piperazine rings is 1. The summed E-state index contributed by atoms with van der Waals surface area (Å²) in [6, 6.07) is 18.3. The first-order valence-electron chi connectivity index (χ1n) is 9.00. The Balaban J connectivity index is 1.88. The SMILES string of the molecule is CC(c1ccccc1C#N)C1NC(=O)C(C)(Cc2ccccc2)N(C)C1=O. The summed E-state index contributed by atoms with van der Waals surface area (Å²) in [5, 5.41) is 12.3. The van der Waals surface area contributed by atoms with E-state index in [2.05, 4.69) is 11.4 Å². The van der Waals surface area contributed by atoms with Gasteiger partial charge in [-0.1, -0.05) is 55.5 Å². The molecule has 2 aromatic rings. The van der Waals surface area contributed by atoms with Gasteiger partial charge in [-0.25, -0.2) is 0 Å². The molecule has 0 aromatic heterocycles. The summed E-state index contributed by atoms with van der Waals surface area (Å²) >= 11 is 0. The zero-order chi connectivity index (χ0) is 19.6. The van der Waals surface area contributed by atoms with Crippen LogP contribution in [0.25, 0.3) is 0 Å². The zero-order valence-electron chi connectivity index (χ0n) is 15.8. The van der Waals surface area contributed by atoms with Crippen LogP contribution in [0.1, 0.15) is 36.5 Å². The molecular formula is C22H23N3O2. The lowest BCUT2D eigenvalue weighted by Crippen LogP contribution is -2.70. The predicted molar refractivity (Wildman–Crippen MR) is 103 cm³/mol. The normalized spacial score (nSPS) is 23.5. The molecule has 5 heteroatoms. The first-order chi connectivity index (χ1) is 12.9. The van der Waals surface area contributed by atoms with Gasteiger partial charge in [0.2, 0.25) is 11.8 Å². The number of nitriles is 1. The van der Waals surface area contributed by atoms with Crippen LogP contribution in [0.3, 0.4) is 0 Å². The maximum atomic E-state index is 13.1. The third-order valence-electron chi connectivity index (χ3n) is 5.58. The second kappa shape index (κ2) is 7.24. The predicted octanol–water partition coefficient (Wildman–Crippen LogP) is 2.62. The van der Waals surface area contributed by atoms with Gasteiger partial charge in [-0.05, 0) is 24.1 Å². The first kappa shape index (κ1) is 18.7. The van der Waals surface area contributed by atoms with E-state index < -0.39 is 11.6 Å². The molecule has 1 fully saturated rings. The molecule has 2 aromatic carbocycles. The summed E-state index contributed by atoms with van der Waals surface area (Å²) in [7, 11) is 1.68. The van der Waals surface area contributed by atoms with E-state index in [0.717, 1.165) is 11.1 Å². The van der Waals surface area contributed by atoms with Crippen LogP contribution in [0, 0.1) is 11.3 Å². The molecule has 27 heavy (non-hydrogen) atoms. The molecule has 5 nitrogen and oxygen atoms in total. The maximum absolute atomic E-state index is 13.1. The summed E-state index contributed by atoms with van der Waals surface area (Å²) in [6.07, 6.45) is 0.442. The van der Waals surface area contributed by atoms with E-state index in [4.69, 9.17) is 0 Å². The van der Waals surface area contributed by atoms with Gasteiger partial charge in [-0.15, -0.1) is 0 Å². The van der Waals surface area contributed by atoms with Gasteiger partial charge in [0.25, 0.3) is 0 Å². The number of rotatable bonds is 4. The lowest BCUT2D eigenvalue weighted by atomic mass is 9.82. The standard InChI is InChI=1S/C22H23N3O2/c1-15(18-12-8-7-11-17(18)14-23)19-20(26)25(3)22(2,21(27)24-19)13-16-9-5-4-6-10-16/h4-12,15,19H,13H2,1-3H3,(H,24,27). The molecular weight excluding hydrogens is 338 g/mol. The molecule has 0 spiro atoms. The van der Waals surface area contributed by atoms with Gasteiger partial charge in [0.05, 0.1) is 11.6 Å². The number of amides is 2. The Bertz CT molecular complexity index is 903. The van der Waals surface area contributed by atoms with Crippen molar-refractivity contribution < 1.29 is 9.59 Å². The third kappa shape index (κ3) is 3.31. The molecule has 1 saturated heterocycles. The highest BCUT2D eigenvalue weighted by atomic mass is 16.2. The molecule has 0 saturated carbocycles. The number of hydrogen-bond acceptors (Lipinski definition) is 3. The Kier molecular flexibility index (Phi) is 5.00. The highest BCUT2D eigenvalue weighted by Crippen LogP contribution is 2.31. The van der Waals surface area contributed by atoms with Gasteiger partial charge >= 0.3 is 0 Å². The van der Waals surface area contributed by atoms with Crippen molar-refractivity contribution in [2.45, 2.75) is 37.8 Å². The fourth-order valence-corrected chi connectivity index (χ4v) is 3.67. The molecule has 0 radical (unpaired) electrons. The average Bonchev–Trinajstić information content (AvgIpc) is 2.69. The summed E-state index contributed by atoms with van der Waals surface area (Å²) in [5.41, 5.74) is 1.32. The van der Waals surface area contributed by atoms with E-state index in [-0.39, 0.29) is 17.7 Å². The van der Waals surface area contributed by atoms with Crippen LogP contribution < -0.4 is 5.32 Å². The number of nitrogens with one attached hydrogen (secondary N) is 1. The molecule has 0 aliphatic carbocycles. The second-order valence-corrected chi connectivity index (χ2v) is 7.27. The maximum Gasteiger partial charge on any atom is 0.246 e. The summed E-state index contributed by atoms with van der Waals surface area (Å²) < 4.78 is 0. The van der Waals surface area contributed by atoms with Gasteiger partial charge in [-0.2, -0.15) is 5.26 Å². The van der Waals surface area contributed by atoms with Crippen molar-refractivity contribution in [3.8, 4) is 6.07 Å². The summed E-state index contributed by atoms with van der Waals surface area (Å²) in [6.45, 7) is 3.66. The number of likely N-dealkylation sites (N-methyl/N-ethyl adjacent to an activating group) is 1. The van der Waals surface area contributed by atoms with Gasteiger partial charge in [-0.3, -0.25) is 9.59 Å². The van der Waals surface area contributed by atoms with Gasteiger partial charge in [0.1, 0.15) is 11.6 Å². The van der Waals surface area contributed by atoms with E-state index in [1.807, 2.05) is 49.4 Å². The number of benzene rings is 2. The van der Waals surface area contributed by atoms with Crippen LogP contribution >= 0.6 is 0 Å². The molecule has 3 atom stereocenters. The molecule has 1 heterocycles. The fraction of sp³-hybridized carbons (Fsp3) is 0.318. The summed E-state index contributed by atoms with van der Waals surface area (Å²) in [5.74, 6) is -0.631. The van der Waals surface area contributed by atoms with Crippen molar-refractivity contribution in [1.29, 1.82) is 5.26 Å². The van der Waals surface area contributed by atoms with Crippen LogP contribution in [-0.4, -0.2) is 35.3 Å². The van der Waals surface area contributed by atoms with Gasteiger partial charge in [0.15, 0.2) is 0 Å². The largest absolute Gasteiger partial charge is 0.342 e. The van der Waals surface area contributed by atoms with E-state index in [9.17, 15) is 14.9 Å². The lowest BCUT2D eigenvalue weighted by Gasteiger charge is -2.46. The Hall–Kier alpha value is -3.13.